The molecule has 5 nitrogen and oxygen atoms in total. The first kappa shape index (κ1) is 14.9. The molecule has 2 rings (SSSR count). The van der Waals surface area contributed by atoms with Crippen LogP contribution in [0.4, 0.5) is 10.2 Å². The van der Waals surface area contributed by atoms with Crippen LogP contribution in [-0.2, 0) is 6.54 Å². The van der Waals surface area contributed by atoms with Crippen molar-refractivity contribution >= 4 is 11.7 Å². The lowest BCUT2D eigenvalue weighted by Gasteiger charge is -2.06. The molecule has 0 spiro atoms. The van der Waals surface area contributed by atoms with Crippen molar-refractivity contribution in [2.75, 3.05) is 11.9 Å². The summed E-state index contributed by atoms with van der Waals surface area (Å²) in [5.74, 6) is -0.0988. The van der Waals surface area contributed by atoms with Crippen LogP contribution in [-0.4, -0.2) is 22.6 Å². The third-order valence-electron chi connectivity index (χ3n) is 2.85. The van der Waals surface area contributed by atoms with Crippen molar-refractivity contribution in [2.24, 2.45) is 0 Å². The Bertz CT molecular complexity index is 601. The molecule has 0 atom stereocenters. The van der Waals surface area contributed by atoms with Gasteiger partial charge in [0.25, 0.3) is 5.91 Å². The average molecular weight is 288 g/mol. The third kappa shape index (κ3) is 4.24. The first-order valence-electron chi connectivity index (χ1n) is 6.80. The average Bonchev–Trinajstić information content (AvgIpc) is 2.52. The number of hydrogen-bond donors (Lipinski definition) is 2. The molecule has 0 fully saturated rings. The molecule has 1 heterocycles. The van der Waals surface area contributed by atoms with Gasteiger partial charge in [0, 0.05) is 18.7 Å². The summed E-state index contributed by atoms with van der Waals surface area (Å²) in [6.07, 6.45) is 0.979. The Morgan fingerprint density at radius 2 is 2.00 bits per heavy atom. The van der Waals surface area contributed by atoms with Gasteiger partial charge in [-0.3, -0.25) is 4.79 Å². The number of halogens is 1. The number of benzene rings is 1. The van der Waals surface area contributed by atoms with Gasteiger partial charge in [0.2, 0.25) is 0 Å². The predicted octanol–water partition coefficient (Wildman–Crippen LogP) is 2.37. The monoisotopic (exact) mass is 288 g/mol. The molecule has 0 bridgehead atoms. The molecule has 0 aliphatic heterocycles. The zero-order chi connectivity index (χ0) is 15.1. The quantitative estimate of drug-likeness (QED) is 0.856. The molecule has 110 valence electrons. The lowest BCUT2D eigenvalue weighted by atomic mass is 10.2. The van der Waals surface area contributed by atoms with Crippen LogP contribution < -0.4 is 10.6 Å². The Labute approximate surface area is 122 Å². The number of aromatic nitrogens is 2. The minimum atomic E-state index is -0.382. The summed E-state index contributed by atoms with van der Waals surface area (Å²) < 4.78 is 13.4. The Balaban J connectivity index is 1.93. The Hall–Kier alpha value is -2.50. The van der Waals surface area contributed by atoms with Crippen LogP contribution in [0.5, 0.6) is 0 Å². The van der Waals surface area contributed by atoms with E-state index in [0.717, 1.165) is 13.0 Å². The second-order valence-corrected chi connectivity index (χ2v) is 4.50. The number of carbonyl (C=O) groups excluding carboxylic acids is 1. The smallest absolute Gasteiger partial charge is 0.272 e. The number of nitrogens with zero attached hydrogens (tertiary/aromatic N) is 2. The van der Waals surface area contributed by atoms with E-state index in [0.29, 0.717) is 11.4 Å². The fourth-order valence-electron chi connectivity index (χ4n) is 1.71. The molecule has 1 amide bonds. The van der Waals surface area contributed by atoms with Gasteiger partial charge in [0.15, 0.2) is 5.69 Å². The maximum Gasteiger partial charge on any atom is 0.272 e. The molecule has 1 aromatic carbocycles. The van der Waals surface area contributed by atoms with E-state index in [-0.39, 0.29) is 24.0 Å². The number of carbonyl (C=O) groups is 1. The first-order chi connectivity index (χ1) is 10.2. The lowest BCUT2D eigenvalue weighted by molar-refractivity contribution is 0.0944. The fraction of sp³-hybridized carbons (Fsp3) is 0.267. The zero-order valence-corrected chi connectivity index (χ0v) is 11.8. The molecule has 2 N–H and O–H groups in total. The number of rotatable bonds is 6. The standard InChI is InChI=1S/C15H17FN4O/c1-2-9-17-14-8-7-13(19-20-14)15(21)18-10-11-5-3-4-6-12(11)16/h3-8H,2,9-10H2,1H3,(H,17,20)(H,18,21). The Kier molecular flexibility index (Phi) is 5.20. The second-order valence-electron chi connectivity index (χ2n) is 4.50. The summed E-state index contributed by atoms with van der Waals surface area (Å²) >= 11 is 0. The number of nitrogens with one attached hydrogen (secondary N) is 2. The minimum Gasteiger partial charge on any atom is -0.369 e. The number of anilines is 1. The van der Waals surface area contributed by atoms with Crippen molar-refractivity contribution in [1.29, 1.82) is 0 Å². The second kappa shape index (κ2) is 7.33. The van der Waals surface area contributed by atoms with Crippen LogP contribution >= 0.6 is 0 Å². The summed E-state index contributed by atoms with van der Waals surface area (Å²) in [4.78, 5) is 11.9. The molecular weight excluding hydrogens is 271 g/mol. The van der Waals surface area contributed by atoms with Crippen LogP contribution in [0, 0.1) is 5.82 Å². The highest BCUT2D eigenvalue weighted by molar-refractivity contribution is 5.92. The predicted molar refractivity (Wildman–Crippen MR) is 78.4 cm³/mol. The van der Waals surface area contributed by atoms with E-state index in [1.807, 2.05) is 6.92 Å². The van der Waals surface area contributed by atoms with Gasteiger partial charge in [-0.2, -0.15) is 0 Å². The topological polar surface area (TPSA) is 66.9 Å². The fourth-order valence-corrected chi connectivity index (χ4v) is 1.71. The van der Waals surface area contributed by atoms with Gasteiger partial charge in [-0.1, -0.05) is 25.1 Å². The third-order valence-corrected chi connectivity index (χ3v) is 2.85. The molecule has 0 aliphatic rings. The highest BCUT2D eigenvalue weighted by Gasteiger charge is 2.09. The van der Waals surface area contributed by atoms with Gasteiger partial charge in [0.05, 0.1) is 0 Å². The van der Waals surface area contributed by atoms with E-state index in [1.165, 1.54) is 6.07 Å². The summed E-state index contributed by atoms with van der Waals surface area (Å²) in [7, 11) is 0. The molecule has 0 saturated heterocycles. The van der Waals surface area contributed by atoms with E-state index in [1.54, 1.807) is 30.3 Å². The van der Waals surface area contributed by atoms with Crippen molar-refractivity contribution in [3.05, 3.63) is 53.5 Å². The van der Waals surface area contributed by atoms with Crippen molar-refractivity contribution in [1.82, 2.24) is 15.5 Å². The van der Waals surface area contributed by atoms with Crippen LogP contribution in [0.15, 0.2) is 36.4 Å². The van der Waals surface area contributed by atoms with Crippen molar-refractivity contribution in [3.63, 3.8) is 0 Å². The van der Waals surface area contributed by atoms with E-state index in [4.69, 9.17) is 0 Å². The van der Waals surface area contributed by atoms with Gasteiger partial charge < -0.3 is 10.6 Å². The van der Waals surface area contributed by atoms with Crippen molar-refractivity contribution in [3.8, 4) is 0 Å². The number of hydrogen-bond acceptors (Lipinski definition) is 4. The summed E-state index contributed by atoms with van der Waals surface area (Å²) in [5.41, 5.74) is 0.633. The zero-order valence-electron chi connectivity index (χ0n) is 11.8. The number of amides is 1. The molecule has 2 aromatic rings. The van der Waals surface area contributed by atoms with Crippen LogP contribution in [0.2, 0.25) is 0 Å². The van der Waals surface area contributed by atoms with Crippen LogP contribution in [0.1, 0.15) is 29.4 Å². The maximum absolute atomic E-state index is 13.4. The summed E-state index contributed by atoms with van der Waals surface area (Å²) in [5, 5.41) is 13.4. The van der Waals surface area contributed by atoms with Gasteiger partial charge >= 0.3 is 0 Å². The maximum atomic E-state index is 13.4. The minimum absolute atomic E-state index is 0.114. The molecule has 0 unspecified atom stereocenters. The highest BCUT2D eigenvalue weighted by Crippen LogP contribution is 2.06. The molecule has 1 aromatic heterocycles. The van der Waals surface area contributed by atoms with E-state index < -0.39 is 0 Å². The highest BCUT2D eigenvalue weighted by atomic mass is 19.1. The van der Waals surface area contributed by atoms with Gasteiger partial charge in [-0.05, 0) is 24.6 Å². The molecule has 0 aliphatic carbocycles. The first-order valence-corrected chi connectivity index (χ1v) is 6.80. The van der Waals surface area contributed by atoms with Crippen molar-refractivity contribution < 1.29 is 9.18 Å². The molecule has 0 saturated carbocycles. The Morgan fingerprint density at radius 1 is 1.19 bits per heavy atom. The van der Waals surface area contributed by atoms with Crippen LogP contribution in [0.25, 0.3) is 0 Å². The van der Waals surface area contributed by atoms with Crippen LogP contribution in [0.3, 0.4) is 0 Å². The summed E-state index contributed by atoms with van der Waals surface area (Å²) in [6.45, 7) is 2.96. The normalized spacial score (nSPS) is 10.2. The lowest BCUT2D eigenvalue weighted by Crippen LogP contribution is -2.24. The SMILES string of the molecule is CCCNc1ccc(C(=O)NCc2ccccc2F)nn1. The summed E-state index contributed by atoms with van der Waals surface area (Å²) in [6, 6.07) is 9.59. The molecule has 6 heteroatoms. The van der Waals surface area contributed by atoms with Gasteiger partial charge in [0.1, 0.15) is 11.6 Å². The van der Waals surface area contributed by atoms with E-state index in [2.05, 4.69) is 20.8 Å². The molecule has 21 heavy (non-hydrogen) atoms. The van der Waals surface area contributed by atoms with Crippen molar-refractivity contribution in [2.45, 2.75) is 19.9 Å². The van der Waals surface area contributed by atoms with Gasteiger partial charge in [-0.25, -0.2) is 4.39 Å². The molecule has 0 radical (unpaired) electrons. The Morgan fingerprint density at radius 3 is 2.67 bits per heavy atom. The van der Waals surface area contributed by atoms with E-state index in [9.17, 15) is 9.18 Å². The largest absolute Gasteiger partial charge is 0.369 e. The van der Waals surface area contributed by atoms with Gasteiger partial charge in [-0.15, -0.1) is 10.2 Å². The molecular formula is C15H17FN4O. The van der Waals surface area contributed by atoms with E-state index >= 15 is 0 Å².